The molecule has 0 spiro atoms. The second kappa shape index (κ2) is 4.38. The Labute approximate surface area is 99.5 Å². The van der Waals surface area contributed by atoms with Gasteiger partial charge in [0.1, 0.15) is 0 Å². The van der Waals surface area contributed by atoms with Crippen molar-refractivity contribution in [3.63, 3.8) is 0 Å². The molecule has 4 nitrogen and oxygen atoms in total. The van der Waals surface area contributed by atoms with Crippen molar-refractivity contribution in [2.45, 2.75) is 19.8 Å². The second-order valence-corrected chi connectivity index (χ2v) is 4.17. The summed E-state index contributed by atoms with van der Waals surface area (Å²) in [6.45, 7) is 1.75. The molecule has 4 heteroatoms. The lowest BCUT2D eigenvalue weighted by molar-refractivity contribution is -0.122. The quantitative estimate of drug-likeness (QED) is 0.723. The highest BCUT2D eigenvalue weighted by Gasteiger charge is 2.36. The minimum absolute atomic E-state index is 0.150. The Kier molecular flexibility index (Phi) is 2.92. The smallest absolute Gasteiger partial charge is 0.237 e. The van der Waals surface area contributed by atoms with Crippen LogP contribution in [-0.4, -0.2) is 11.8 Å². The van der Waals surface area contributed by atoms with E-state index in [1.807, 2.05) is 0 Å². The molecule has 1 saturated heterocycles. The Morgan fingerprint density at radius 2 is 2.00 bits per heavy atom. The maximum absolute atomic E-state index is 11.8. The molecule has 86 valence electrons. The zero-order valence-electron chi connectivity index (χ0n) is 9.51. The van der Waals surface area contributed by atoms with Crippen LogP contribution in [0.15, 0.2) is 24.3 Å². The topological polar surface area (TPSA) is 61.2 Å². The fourth-order valence-corrected chi connectivity index (χ4v) is 1.91. The lowest BCUT2D eigenvalue weighted by Crippen LogP contribution is -2.29. The average Bonchev–Trinajstić information content (AvgIpc) is 2.55. The molecule has 2 rings (SSSR count). The third kappa shape index (κ3) is 2.04. The standard InChI is InChI=1S/C13H12N2O2/c1-9-8-12(16)15(13(9)17)11-4-2-10(3-5-11)6-7-14/h2-5,9H,6,8H2,1H3. The molecule has 1 atom stereocenters. The zero-order chi connectivity index (χ0) is 12.4. The van der Waals surface area contributed by atoms with Gasteiger partial charge in [0, 0.05) is 12.3 Å². The van der Waals surface area contributed by atoms with Gasteiger partial charge in [-0.05, 0) is 17.7 Å². The first-order valence-electron chi connectivity index (χ1n) is 5.46. The molecule has 1 unspecified atom stereocenters. The van der Waals surface area contributed by atoms with E-state index in [0.717, 1.165) is 5.56 Å². The molecule has 0 radical (unpaired) electrons. The second-order valence-electron chi connectivity index (χ2n) is 4.17. The third-order valence-corrected chi connectivity index (χ3v) is 2.85. The predicted molar refractivity (Wildman–Crippen MR) is 62.0 cm³/mol. The summed E-state index contributed by atoms with van der Waals surface area (Å²) >= 11 is 0. The van der Waals surface area contributed by atoms with Gasteiger partial charge in [0.05, 0.1) is 18.2 Å². The molecule has 0 aliphatic carbocycles. The molecule has 2 amide bonds. The predicted octanol–water partition coefficient (Wildman–Crippen LogP) is 1.65. The Morgan fingerprint density at radius 3 is 2.47 bits per heavy atom. The van der Waals surface area contributed by atoms with Crippen LogP contribution in [0.5, 0.6) is 0 Å². The number of hydrogen-bond donors (Lipinski definition) is 0. The molecule has 1 heterocycles. The van der Waals surface area contributed by atoms with E-state index < -0.39 is 0 Å². The van der Waals surface area contributed by atoms with Crippen LogP contribution in [0, 0.1) is 17.2 Å². The van der Waals surface area contributed by atoms with E-state index in [1.165, 1.54) is 4.90 Å². The summed E-state index contributed by atoms with van der Waals surface area (Å²) < 4.78 is 0. The Morgan fingerprint density at radius 1 is 1.35 bits per heavy atom. The van der Waals surface area contributed by atoms with Crippen molar-refractivity contribution in [1.82, 2.24) is 0 Å². The Hall–Kier alpha value is -2.15. The number of anilines is 1. The fourth-order valence-electron chi connectivity index (χ4n) is 1.91. The van der Waals surface area contributed by atoms with Gasteiger partial charge in [-0.25, -0.2) is 0 Å². The van der Waals surface area contributed by atoms with E-state index in [1.54, 1.807) is 31.2 Å². The summed E-state index contributed by atoms with van der Waals surface area (Å²) in [5, 5.41) is 8.55. The summed E-state index contributed by atoms with van der Waals surface area (Å²) in [5.74, 6) is -0.542. The van der Waals surface area contributed by atoms with Crippen LogP contribution in [0.3, 0.4) is 0 Å². The molecule has 1 aliphatic rings. The summed E-state index contributed by atoms with van der Waals surface area (Å²) in [6.07, 6.45) is 0.608. The van der Waals surface area contributed by atoms with Gasteiger partial charge in [0.2, 0.25) is 11.8 Å². The Balaban J connectivity index is 2.26. The molecule has 1 fully saturated rings. The number of rotatable bonds is 2. The molecule has 0 N–H and O–H groups in total. The van der Waals surface area contributed by atoms with E-state index in [-0.39, 0.29) is 24.2 Å². The van der Waals surface area contributed by atoms with Crippen LogP contribution in [0.2, 0.25) is 0 Å². The summed E-state index contributed by atoms with van der Waals surface area (Å²) in [5.41, 5.74) is 1.47. The minimum atomic E-state index is -0.235. The van der Waals surface area contributed by atoms with E-state index in [0.29, 0.717) is 12.1 Å². The molecule has 17 heavy (non-hydrogen) atoms. The van der Waals surface area contributed by atoms with Crippen LogP contribution in [-0.2, 0) is 16.0 Å². The first kappa shape index (κ1) is 11.3. The number of nitriles is 1. The van der Waals surface area contributed by atoms with Crippen LogP contribution >= 0.6 is 0 Å². The van der Waals surface area contributed by atoms with Crippen molar-refractivity contribution >= 4 is 17.5 Å². The van der Waals surface area contributed by atoms with Crippen molar-refractivity contribution in [2.75, 3.05) is 4.90 Å². The molecule has 0 bridgehead atoms. The Bertz CT molecular complexity index is 499. The number of hydrogen-bond acceptors (Lipinski definition) is 3. The summed E-state index contributed by atoms with van der Waals surface area (Å²) in [4.78, 5) is 24.7. The molecular weight excluding hydrogens is 216 g/mol. The first-order chi connectivity index (χ1) is 8.13. The molecule has 0 saturated carbocycles. The molecular formula is C13H12N2O2. The highest BCUT2D eigenvalue weighted by atomic mass is 16.2. The van der Waals surface area contributed by atoms with E-state index in [4.69, 9.17) is 5.26 Å². The molecule has 1 aromatic rings. The number of nitrogens with zero attached hydrogens (tertiary/aromatic N) is 2. The van der Waals surface area contributed by atoms with Gasteiger partial charge < -0.3 is 0 Å². The van der Waals surface area contributed by atoms with Crippen molar-refractivity contribution in [3.05, 3.63) is 29.8 Å². The van der Waals surface area contributed by atoms with Crippen LogP contribution in [0.25, 0.3) is 0 Å². The largest absolute Gasteiger partial charge is 0.274 e. The van der Waals surface area contributed by atoms with Gasteiger partial charge in [0.25, 0.3) is 0 Å². The fraction of sp³-hybridized carbons (Fsp3) is 0.308. The van der Waals surface area contributed by atoms with Gasteiger partial charge in [-0.2, -0.15) is 5.26 Å². The zero-order valence-corrected chi connectivity index (χ0v) is 9.51. The summed E-state index contributed by atoms with van der Waals surface area (Å²) in [7, 11) is 0. The van der Waals surface area contributed by atoms with Gasteiger partial charge in [-0.3, -0.25) is 14.5 Å². The minimum Gasteiger partial charge on any atom is -0.274 e. The van der Waals surface area contributed by atoms with Crippen molar-refractivity contribution in [1.29, 1.82) is 5.26 Å². The van der Waals surface area contributed by atoms with E-state index in [2.05, 4.69) is 6.07 Å². The van der Waals surface area contributed by atoms with Gasteiger partial charge in [-0.1, -0.05) is 19.1 Å². The van der Waals surface area contributed by atoms with E-state index in [9.17, 15) is 9.59 Å². The number of amides is 2. The van der Waals surface area contributed by atoms with Gasteiger partial charge in [-0.15, -0.1) is 0 Å². The van der Waals surface area contributed by atoms with E-state index >= 15 is 0 Å². The lowest BCUT2D eigenvalue weighted by atomic mass is 10.1. The molecule has 0 aromatic heterocycles. The molecule has 1 aliphatic heterocycles. The van der Waals surface area contributed by atoms with Crippen molar-refractivity contribution in [3.8, 4) is 6.07 Å². The number of carbonyl (C=O) groups is 2. The van der Waals surface area contributed by atoms with Crippen LogP contribution < -0.4 is 4.90 Å². The molecule has 1 aromatic carbocycles. The lowest BCUT2D eigenvalue weighted by Gasteiger charge is -2.14. The van der Waals surface area contributed by atoms with Gasteiger partial charge in [0.15, 0.2) is 0 Å². The third-order valence-electron chi connectivity index (χ3n) is 2.85. The summed E-state index contributed by atoms with van der Waals surface area (Å²) in [6, 6.07) is 9.00. The SMILES string of the molecule is CC1CC(=O)N(c2ccc(CC#N)cc2)C1=O. The normalized spacial score (nSPS) is 19.5. The van der Waals surface area contributed by atoms with Crippen LogP contribution in [0.4, 0.5) is 5.69 Å². The average molecular weight is 228 g/mol. The van der Waals surface area contributed by atoms with Crippen molar-refractivity contribution < 1.29 is 9.59 Å². The highest BCUT2D eigenvalue weighted by molar-refractivity contribution is 6.20. The van der Waals surface area contributed by atoms with Crippen molar-refractivity contribution in [2.24, 2.45) is 5.92 Å². The number of benzene rings is 1. The number of carbonyl (C=O) groups excluding carboxylic acids is 2. The maximum Gasteiger partial charge on any atom is 0.237 e. The number of imide groups is 1. The first-order valence-corrected chi connectivity index (χ1v) is 5.46. The van der Waals surface area contributed by atoms with Gasteiger partial charge >= 0.3 is 0 Å². The monoisotopic (exact) mass is 228 g/mol. The highest BCUT2D eigenvalue weighted by Crippen LogP contribution is 2.26. The van der Waals surface area contributed by atoms with Crippen LogP contribution in [0.1, 0.15) is 18.9 Å². The maximum atomic E-state index is 11.8.